The zero-order chi connectivity index (χ0) is 15.0. The molecule has 108 valence electrons. The third kappa shape index (κ3) is 2.07. The number of hydrogen-bond donors (Lipinski definition) is 1. The van der Waals surface area contributed by atoms with Gasteiger partial charge in [-0.25, -0.2) is 9.78 Å². The maximum atomic E-state index is 12.6. The topological polar surface area (TPSA) is 74.9 Å². The molecule has 1 amide bonds. The van der Waals surface area contributed by atoms with Crippen molar-refractivity contribution in [3.05, 3.63) is 22.0 Å². The zero-order valence-electron chi connectivity index (χ0n) is 11.9. The number of carboxylic acid groups (broad SMARTS) is 1. The lowest BCUT2D eigenvalue weighted by molar-refractivity contribution is 0.0698. The molecule has 0 unspecified atom stereocenters. The van der Waals surface area contributed by atoms with Crippen LogP contribution >= 0.6 is 11.3 Å². The van der Waals surface area contributed by atoms with Gasteiger partial charge in [-0.2, -0.15) is 0 Å². The van der Waals surface area contributed by atoms with Crippen LogP contribution in [0, 0.1) is 13.8 Å². The van der Waals surface area contributed by atoms with Gasteiger partial charge in [0.15, 0.2) is 4.96 Å². The van der Waals surface area contributed by atoms with E-state index in [0.717, 1.165) is 11.3 Å². The number of aryl methyl sites for hydroxylation is 2. The van der Waals surface area contributed by atoms with Crippen LogP contribution < -0.4 is 0 Å². The second-order valence-electron chi connectivity index (χ2n) is 4.46. The Morgan fingerprint density at radius 1 is 1.30 bits per heavy atom. The van der Waals surface area contributed by atoms with Gasteiger partial charge in [0.1, 0.15) is 10.6 Å². The maximum Gasteiger partial charge on any atom is 0.347 e. The molecule has 0 bridgehead atoms. The van der Waals surface area contributed by atoms with Gasteiger partial charge in [-0.15, -0.1) is 0 Å². The summed E-state index contributed by atoms with van der Waals surface area (Å²) in [6, 6.07) is 0. The number of rotatable bonds is 4. The van der Waals surface area contributed by atoms with E-state index in [0.29, 0.717) is 35.1 Å². The molecule has 7 heteroatoms. The molecule has 2 heterocycles. The Balaban J connectivity index is 2.66. The second kappa shape index (κ2) is 5.24. The molecule has 2 aromatic rings. The molecule has 0 spiro atoms. The minimum Gasteiger partial charge on any atom is -0.477 e. The van der Waals surface area contributed by atoms with E-state index in [4.69, 9.17) is 5.11 Å². The van der Waals surface area contributed by atoms with E-state index in [2.05, 4.69) is 4.98 Å². The molecule has 1 N–H and O–H groups in total. The molecule has 0 saturated heterocycles. The number of carboxylic acids is 1. The number of thiazole rings is 1. The number of aromatic carboxylic acids is 1. The summed E-state index contributed by atoms with van der Waals surface area (Å²) in [5.41, 5.74) is 1.65. The first kappa shape index (κ1) is 14.5. The first-order valence-corrected chi connectivity index (χ1v) is 7.24. The van der Waals surface area contributed by atoms with Gasteiger partial charge in [-0.1, -0.05) is 11.3 Å². The van der Waals surface area contributed by atoms with Crippen LogP contribution in [0.25, 0.3) is 4.96 Å². The normalized spacial score (nSPS) is 11.0. The molecular formula is C13H17N3O3S. The van der Waals surface area contributed by atoms with Crippen molar-refractivity contribution < 1.29 is 14.7 Å². The zero-order valence-corrected chi connectivity index (χ0v) is 12.7. The van der Waals surface area contributed by atoms with Crippen LogP contribution in [-0.4, -0.2) is 44.4 Å². The second-order valence-corrected chi connectivity index (χ2v) is 5.44. The number of aromatic nitrogens is 2. The third-order valence-corrected chi connectivity index (χ3v) is 4.46. The molecule has 6 nitrogen and oxygen atoms in total. The lowest BCUT2D eigenvalue weighted by atomic mass is 10.3. The number of carbonyl (C=O) groups excluding carboxylic acids is 1. The third-order valence-electron chi connectivity index (χ3n) is 3.33. The summed E-state index contributed by atoms with van der Waals surface area (Å²) in [7, 11) is 0. The minimum atomic E-state index is -0.989. The smallest absolute Gasteiger partial charge is 0.347 e. The highest BCUT2D eigenvalue weighted by Crippen LogP contribution is 2.26. The van der Waals surface area contributed by atoms with Crippen LogP contribution in [0.3, 0.4) is 0 Å². The molecule has 0 radical (unpaired) electrons. The molecule has 0 aromatic carbocycles. The van der Waals surface area contributed by atoms with Crippen LogP contribution in [0.2, 0.25) is 0 Å². The Labute approximate surface area is 120 Å². The number of amides is 1. The lowest BCUT2D eigenvalue weighted by Crippen LogP contribution is -2.32. The van der Waals surface area contributed by atoms with Crippen molar-refractivity contribution >= 4 is 28.2 Å². The lowest BCUT2D eigenvalue weighted by Gasteiger charge is -2.18. The van der Waals surface area contributed by atoms with Crippen molar-refractivity contribution in [1.82, 2.24) is 14.3 Å². The highest BCUT2D eigenvalue weighted by Gasteiger charge is 2.25. The van der Waals surface area contributed by atoms with Crippen molar-refractivity contribution in [2.24, 2.45) is 0 Å². The first-order valence-electron chi connectivity index (χ1n) is 6.43. The molecule has 0 saturated carbocycles. The van der Waals surface area contributed by atoms with E-state index in [1.807, 2.05) is 13.8 Å². The number of nitrogens with zero attached hydrogens (tertiary/aromatic N) is 3. The average Bonchev–Trinajstić information content (AvgIpc) is 2.87. The first-order chi connectivity index (χ1) is 9.42. The summed E-state index contributed by atoms with van der Waals surface area (Å²) >= 11 is 1.09. The molecule has 0 fully saturated rings. The fourth-order valence-corrected chi connectivity index (χ4v) is 3.27. The summed E-state index contributed by atoms with van der Waals surface area (Å²) in [6.45, 7) is 8.52. The number of imidazole rings is 1. The van der Waals surface area contributed by atoms with E-state index >= 15 is 0 Å². The number of hydrogen-bond acceptors (Lipinski definition) is 4. The predicted octanol–water partition coefficient (Wildman–Crippen LogP) is 2.19. The van der Waals surface area contributed by atoms with Crippen LogP contribution in [0.1, 0.15) is 45.4 Å². The summed E-state index contributed by atoms with van der Waals surface area (Å²) in [5.74, 6) is -1.10. The number of fused-ring (bicyclic) bond motifs is 1. The highest BCUT2D eigenvalue weighted by atomic mass is 32.1. The summed E-state index contributed by atoms with van der Waals surface area (Å²) < 4.78 is 1.66. The summed E-state index contributed by atoms with van der Waals surface area (Å²) in [5, 5.41) is 9.16. The molecule has 0 aliphatic heterocycles. The van der Waals surface area contributed by atoms with Gasteiger partial charge in [0.25, 0.3) is 5.91 Å². The maximum absolute atomic E-state index is 12.6. The molecule has 2 aromatic heterocycles. The molecule has 0 aliphatic carbocycles. The van der Waals surface area contributed by atoms with Crippen molar-refractivity contribution in [1.29, 1.82) is 0 Å². The van der Waals surface area contributed by atoms with Gasteiger partial charge >= 0.3 is 5.97 Å². The fourth-order valence-electron chi connectivity index (χ4n) is 2.26. The molecule has 0 atom stereocenters. The van der Waals surface area contributed by atoms with Gasteiger partial charge in [0.2, 0.25) is 0 Å². The molecular weight excluding hydrogens is 278 g/mol. The average molecular weight is 295 g/mol. The quantitative estimate of drug-likeness (QED) is 0.938. The Morgan fingerprint density at radius 3 is 2.40 bits per heavy atom. The minimum absolute atomic E-state index is 0.113. The molecule has 2 rings (SSSR count). The standard InChI is InChI=1S/C13H17N3O3S/c1-5-15(6-2)11(17)9-7(3)14-13-16(9)8(4)10(20-13)12(18)19/h5-6H2,1-4H3,(H,18,19). The van der Waals surface area contributed by atoms with E-state index in [9.17, 15) is 9.59 Å². The monoisotopic (exact) mass is 295 g/mol. The van der Waals surface area contributed by atoms with E-state index in [1.54, 1.807) is 23.1 Å². The van der Waals surface area contributed by atoms with Crippen LogP contribution in [-0.2, 0) is 0 Å². The van der Waals surface area contributed by atoms with Crippen LogP contribution in [0.15, 0.2) is 0 Å². The number of carbonyl (C=O) groups is 2. The van der Waals surface area contributed by atoms with Gasteiger partial charge in [0, 0.05) is 18.8 Å². The van der Waals surface area contributed by atoms with Crippen molar-refractivity contribution in [2.45, 2.75) is 27.7 Å². The Morgan fingerprint density at radius 2 is 1.90 bits per heavy atom. The van der Waals surface area contributed by atoms with Crippen molar-refractivity contribution in [3.8, 4) is 0 Å². The van der Waals surface area contributed by atoms with Crippen molar-refractivity contribution in [3.63, 3.8) is 0 Å². The van der Waals surface area contributed by atoms with E-state index in [1.165, 1.54) is 0 Å². The van der Waals surface area contributed by atoms with Gasteiger partial charge < -0.3 is 10.0 Å². The summed E-state index contributed by atoms with van der Waals surface area (Å²) in [4.78, 5) is 30.5. The van der Waals surface area contributed by atoms with Gasteiger partial charge in [-0.05, 0) is 27.7 Å². The largest absolute Gasteiger partial charge is 0.477 e. The molecule has 0 aliphatic rings. The van der Waals surface area contributed by atoms with Gasteiger partial charge in [0.05, 0.1) is 5.69 Å². The Hall–Kier alpha value is -1.89. The predicted molar refractivity (Wildman–Crippen MR) is 76.8 cm³/mol. The van der Waals surface area contributed by atoms with E-state index < -0.39 is 5.97 Å². The Kier molecular flexibility index (Phi) is 3.80. The highest BCUT2D eigenvalue weighted by molar-refractivity contribution is 7.19. The molecule has 20 heavy (non-hydrogen) atoms. The summed E-state index contributed by atoms with van der Waals surface area (Å²) in [6.07, 6.45) is 0. The fraction of sp³-hybridized carbons (Fsp3) is 0.462. The van der Waals surface area contributed by atoms with Crippen molar-refractivity contribution in [2.75, 3.05) is 13.1 Å². The van der Waals surface area contributed by atoms with Crippen LogP contribution in [0.4, 0.5) is 0 Å². The van der Waals surface area contributed by atoms with Crippen LogP contribution in [0.5, 0.6) is 0 Å². The Bertz CT molecular complexity index is 683. The van der Waals surface area contributed by atoms with Gasteiger partial charge in [-0.3, -0.25) is 9.20 Å². The SMILES string of the molecule is CCN(CC)C(=O)c1c(C)nc2sc(C(=O)O)c(C)n12. The van der Waals surface area contributed by atoms with E-state index in [-0.39, 0.29) is 10.8 Å².